The van der Waals surface area contributed by atoms with Crippen LogP contribution in [0.1, 0.15) is 19.4 Å². The molecule has 1 amide bonds. The molecule has 6 nitrogen and oxygen atoms in total. The third-order valence-electron chi connectivity index (χ3n) is 2.97. The van der Waals surface area contributed by atoms with Gasteiger partial charge in [-0.25, -0.2) is 13.1 Å². The van der Waals surface area contributed by atoms with Crippen LogP contribution in [0, 0.1) is 12.8 Å². The number of benzene rings is 1. The SMILES string of the molecule is CNCC(C)CNS(=O)(=O)c1cc(NC(C)=O)ccc1C. The van der Waals surface area contributed by atoms with Crippen LogP contribution < -0.4 is 15.4 Å². The molecule has 21 heavy (non-hydrogen) atoms. The van der Waals surface area contributed by atoms with Gasteiger partial charge in [0.25, 0.3) is 0 Å². The molecule has 0 heterocycles. The second kappa shape index (κ2) is 7.53. The van der Waals surface area contributed by atoms with E-state index >= 15 is 0 Å². The van der Waals surface area contributed by atoms with E-state index in [1.165, 1.54) is 13.0 Å². The minimum atomic E-state index is -3.59. The number of sulfonamides is 1. The van der Waals surface area contributed by atoms with Crippen LogP contribution in [0.3, 0.4) is 0 Å². The van der Waals surface area contributed by atoms with Crippen molar-refractivity contribution in [3.8, 4) is 0 Å². The van der Waals surface area contributed by atoms with Crippen molar-refractivity contribution in [1.29, 1.82) is 0 Å². The number of carbonyl (C=O) groups excluding carboxylic acids is 1. The van der Waals surface area contributed by atoms with E-state index < -0.39 is 10.0 Å². The first kappa shape index (κ1) is 17.6. The molecule has 1 aromatic rings. The summed E-state index contributed by atoms with van der Waals surface area (Å²) >= 11 is 0. The maximum Gasteiger partial charge on any atom is 0.240 e. The maximum absolute atomic E-state index is 12.4. The number of nitrogens with one attached hydrogen (secondary N) is 3. The third-order valence-corrected chi connectivity index (χ3v) is 4.54. The summed E-state index contributed by atoms with van der Waals surface area (Å²) in [6.07, 6.45) is 0. The summed E-state index contributed by atoms with van der Waals surface area (Å²) in [5.41, 5.74) is 1.11. The van der Waals surface area contributed by atoms with E-state index in [0.29, 0.717) is 17.8 Å². The zero-order chi connectivity index (χ0) is 16.0. The first-order valence-corrected chi connectivity index (χ1v) is 8.27. The summed E-state index contributed by atoms with van der Waals surface area (Å²) in [5, 5.41) is 5.59. The highest BCUT2D eigenvalue weighted by Crippen LogP contribution is 2.20. The van der Waals surface area contributed by atoms with Crippen molar-refractivity contribution in [2.75, 3.05) is 25.5 Å². The summed E-state index contributed by atoms with van der Waals surface area (Å²) < 4.78 is 27.3. The smallest absolute Gasteiger partial charge is 0.240 e. The number of carbonyl (C=O) groups is 1. The van der Waals surface area contributed by atoms with Crippen LogP contribution in [0.4, 0.5) is 5.69 Å². The predicted octanol–water partition coefficient (Wildman–Crippen LogP) is 1.09. The van der Waals surface area contributed by atoms with Crippen molar-refractivity contribution < 1.29 is 13.2 Å². The van der Waals surface area contributed by atoms with Crippen LogP contribution in [-0.4, -0.2) is 34.5 Å². The summed E-state index contributed by atoms with van der Waals surface area (Å²) in [5.74, 6) is -0.0542. The van der Waals surface area contributed by atoms with Crippen LogP contribution in [0.25, 0.3) is 0 Å². The van der Waals surface area contributed by atoms with E-state index in [0.717, 1.165) is 6.54 Å². The number of amides is 1. The molecule has 0 fully saturated rings. The molecule has 0 saturated carbocycles. The molecule has 0 aromatic heterocycles. The highest BCUT2D eigenvalue weighted by Gasteiger charge is 2.18. The fraction of sp³-hybridized carbons (Fsp3) is 0.500. The Morgan fingerprint density at radius 2 is 1.95 bits per heavy atom. The largest absolute Gasteiger partial charge is 0.326 e. The van der Waals surface area contributed by atoms with E-state index in [9.17, 15) is 13.2 Å². The molecule has 0 radical (unpaired) electrons. The zero-order valence-electron chi connectivity index (χ0n) is 12.9. The molecule has 1 unspecified atom stereocenters. The number of hydrogen-bond acceptors (Lipinski definition) is 4. The average Bonchev–Trinajstić information content (AvgIpc) is 2.38. The second-order valence-electron chi connectivity index (χ2n) is 5.18. The number of hydrogen-bond donors (Lipinski definition) is 3. The quantitative estimate of drug-likeness (QED) is 0.703. The van der Waals surface area contributed by atoms with Crippen molar-refractivity contribution in [2.45, 2.75) is 25.7 Å². The van der Waals surface area contributed by atoms with Crippen molar-refractivity contribution in [3.63, 3.8) is 0 Å². The predicted molar refractivity (Wildman–Crippen MR) is 83.8 cm³/mol. The molecule has 0 saturated heterocycles. The molecular formula is C14H23N3O3S. The van der Waals surface area contributed by atoms with Gasteiger partial charge in [0.1, 0.15) is 0 Å². The monoisotopic (exact) mass is 313 g/mol. The molecule has 1 rings (SSSR count). The Morgan fingerprint density at radius 3 is 2.52 bits per heavy atom. The van der Waals surface area contributed by atoms with Gasteiger partial charge >= 0.3 is 0 Å². The first-order chi connectivity index (χ1) is 9.76. The highest BCUT2D eigenvalue weighted by atomic mass is 32.2. The average molecular weight is 313 g/mol. The Hall–Kier alpha value is -1.44. The molecule has 0 spiro atoms. The Kier molecular flexibility index (Phi) is 6.32. The fourth-order valence-electron chi connectivity index (χ4n) is 1.92. The lowest BCUT2D eigenvalue weighted by molar-refractivity contribution is -0.114. The van der Waals surface area contributed by atoms with Gasteiger partial charge in [0.2, 0.25) is 15.9 Å². The lowest BCUT2D eigenvalue weighted by Crippen LogP contribution is -2.32. The molecule has 0 aliphatic rings. The van der Waals surface area contributed by atoms with Gasteiger partial charge in [-0.1, -0.05) is 13.0 Å². The molecular weight excluding hydrogens is 290 g/mol. The molecule has 3 N–H and O–H groups in total. The minimum absolute atomic E-state index is 0.184. The minimum Gasteiger partial charge on any atom is -0.326 e. The lowest BCUT2D eigenvalue weighted by Gasteiger charge is -2.14. The lowest BCUT2D eigenvalue weighted by atomic mass is 10.2. The van der Waals surface area contributed by atoms with Crippen molar-refractivity contribution in [1.82, 2.24) is 10.0 Å². The van der Waals surface area contributed by atoms with Gasteiger partial charge in [0.15, 0.2) is 0 Å². The summed E-state index contributed by atoms with van der Waals surface area (Å²) in [4.78, 5) is 11.2. The van der Waals surface area contributed by atoms with Gasteiger partial charge < -0.3 is 10.6 Å². The molecule has 118 valence electrons. The van der Waals surface area contributed by atoms with Gasteiger partial charge in [0, 0.05) is 19.2 Å². The first-order valence-electron chi connectivity index (χ1n) is 6.78. The van der Waals surface area contributed by atoms with Gasteiger partial charge in [-0.3, -0.25) is 4.79 Å². The third kappa shape index (κ3) is 5.45. The fourth-order valence-corrected chi connectivity index (χ4v) is 3.35. The maximum atomic E-state index is 12.4. The van der Waals surface area contributed by atoms with Crippen LogP contribution >= 0.6 is 0 Å². The second-order valence-corrected chi connectivity index (χ2v) is 6.91. The molecule has 0 aliphatic heterocycles. The van der Waals surface area contributed by atoms with Crippen molar-refractivity contribution in [3.05, 3.63) is 23.8 Å². The van der Waals surface area contributed by atoms with E-state index in [2.05, 4.69) is 15.4 Å². The Balaban J connectivity index is 2.93. The molecule has 0 aliphatic carbocycles. The van der Waals surface area contributed by atoms with Crippen LogP contribution in [0.15, 0.2) is 23.1 Å². The number of rotatable bonds is 7. The molecule has 1 aromatic carbocycles. The summed E-state index contributed by atoms with van der Waals surface area (Å²) in [7, 11) is -1.77. The normalized spacial score (nSPS) is 13.0. The van der Waals surface area contributed by atoms with Crippen LogP contribution in [0.2, 0.25) is 0 Å². The molecule has 7 heteroatoms. The Morgan fingerprint density at radius 1 is 1.29 bits per heavy atom. The summed E-state index contributed by atoms with van der Waals surface area (Å²) in [6.45, 7) is 6.15. The van der Waals surface area contributed by atoms with E-state index in [4.69, 9.17) is 0 Å². The summed E-state index contributed by atoms with van der Waals surface area (Å²) in [6, 6.07) is 4.83. The number of anilines is 1. The van der Waals surface area contributed by atoms with Gasteiger partial charge in [-0.2, -0.15) is 0 Å². The van der Waals surface area contributed by atoms with Crippen LogP contribution in [0.5, 0.6) is 0 Å². The zero-order valence-corrected chi connectivity index (χ0v) is 13.7. The van der Waals surface area contributed by atoms with E-state index in [1.54, 1.807) is 19.1 Å². The van der Waals surface area contributed by atoms with Gasteiger partial charge in [-0.05, 0) is 44.1 Å². The van der Waals surface area contributed by atoms with Crippen LogP contribution in [-0.2, 0) is 14.8 Å². The van der Waals surface area contributed by atoms with Gasteiger partial charge in [-0.15, -0.1) is 0 Å². The van der Waals surface area contributed by atoms with E-state index in [-0.39, 0.29) is 16.7 Å². The van der Waals surface area contributed by atoms with Crippen molar-refractivity contribution >= 4 is 21.6 Å². The Bertz CT molecular complexity index is 599. The van der Waals surface area contributed by atoms with Crippen molar-refractivity contribution in [2.24, 2.45) is 5.92 Å². The molecule has 0 bridgehead atoms. The number of aryl methyl sites for hydroxylation is 1. The molecule has 1 atom stereocenters. The van der Waals surface area contributed by atoms with Gasteiger partial charge in [0.05, 0.1) is 4.90 Å². The standard InChI is InChI=1S/C14H23N3O3S/c1-10(8-15-4)9-16-21(19,20)14-7-13(17-12(3)18)6-5-11(14)2/h5-7,10,15-16H,8-9H2,1-4H3,(H,17,18). The Labute approximate surface area is 126 Å². The highest BCUT2D eigenvalue weighted by molar-refractivity contribution is 7.89. The van der Waals surface area contributed by atoms with E-state index in [1.807, 2.05) is 14.0 Å². The topological polar surface area (TPSA) is 87.3 Å².